The summed E-state index contributed by atoms with van der Waals surface area (Å²) in [6, 6.07) is 44.0. The van der Waals surface area contributed by atoms with Crippen LogP contribution in [0.1, 0.15) is 29.9 Å². The fourth-order valence-electron chi connectivity index (χ4n) is 3.97. The van der Waals surface area contributed by atoms with E-state index in [1.54, 1.807) is 0 Å². The standard InChI is InChI=1S/C28H27P/c1-5-14-24(15-6-1)28(25-16-7-2-8-17-25)22-13-23-29(26-18-9-3-10-19-26)27-20-11-4-12-21-27/h1-12,14-21,28H,13,22-23H2. The van der Waals surface area contributed by atoms with Crippen molar-refractivity contribution in [3.05, 3.63) is 132 Å². The molecule has 0 nitrogen and oxygen atoms in total. The molecule has 4 rings (SSSR count). The molecule has 0 fully saturated rings. The highest BCUT2D eigenvalue weighted by atomic mass is 31.1. The van der Waals surface area contributed by atoms with E-state index in [1.165, 1.54) is 40.7 Å². The lowest BCUT2D eigenvalue weighted by Crippen LogP contribution is -2.14. The van der Waals surface area contributed by atoms with Gasteiger partial charge in [-0.05, 0) is 48.7 Å². The van der Waals surface area contributed by atoms with Gasteiger partial charge in [0.2, 0.25) is 0 Å². The molecular weight excluding hydrogens is 367 g/mol. The fourth-order valence-corrected chi connectivity index (χ4v) is 6.35. The Morgan fingerprint density at radius 2 is 0.862 bits per heavy atom. The molecule has 144 valence electrons. The lowest BCUT2D eigenvalue weighted by atomic mass is 9.88. The van der Waals surface area contributed by atoms with Gasteiger partial charge in [-0.25, -0.2) is 0 Å². The van der Waals surface area contributed by atoms with E-state index in [1.807, 2.05) is 0 Å². The van der Waals surface area contributed by atoms with Gasteiger partial charge in [0.25, 0.3) is 0 Å². The van der Waals surface area contributed by atoms with Crippen molar-refractivity contribution in [2.24, 2.45) is 0 Å². The zero-order valence-corrected chi connectivity index (χ0v) is 17.6. The van der Waals surface area contributed by atoms with Crippen LogP contribution in [0.15, 0.2) is 121 Å². The van der Waals surface area contributed by atoms with Crippen molar-refractivity contribution in [3.63, 3.8) is 0 Å². The van der Waals surface area contributed by atoms with E-state index in [0.717, 1.165) is 0 Å². The minimum Gasteiger partial charge on any atom is -0.0622 e. The Morgan fingerprint density at radius 3 is 1.28 bits per heavy atom. The van der Waals surface area contributed by atoms with Crippen LogP contribution in [-0.4, -0.2) is 6.16 Å². The summed E-state index contributed by atoms with van der Waals surface area (Å²) in [5.74, 6) is 0.459. The normalized spacial score (nSPS) is 11.1. The first-order valence-electron chi connectivity index (χ1n) is 10.4. The third kappa shape index (κ3) is 5.22. The van der Waals surface area contributed by atoms with Crippen LogP contribution >= 0.6 is 7.92 Å². The number of benzene rings is 4. The predicted molar refractivity (Wildman–Crippen MR) is 128 cm³/mol. The van der Waals surface area contributed by atoms with Gasteiger partial charge in [-0.1, -0.05) is 121 Å². The van der Waals surface area contributed by atoms with E-state index in [-0.39, 0.29) is 7.92 Å². The Balaban J connectivity index is 1.53. The maximum atomic E-state index is 2.30. The Labute approximate surface area is 176 Å². The highest BCUT2D eigenvalue weighted by molar-refractivity contribution is 7.73. The quantitative estimate of drug-likeness (QED) is 0.291. The van der Waals surface area contributed by atoms with Crippen LogP contribution in [0.4, 0.5) is 0 Å². The Hall–Kier alpha value is -2.69. The molecule has 0 atom stereocenters. The molecule has 4 aromatic rings. The van der Waals surface area contributed by atoms with Crippen molar-refractivity contribution in [1.29, 1.82) is 0 Å². The largest absolute Gasteiger partial charge is 0.0622 e. The van der Waals surface area contributed by atoms with E-state index < -0.39 is 0 Å². The van der Waals surface area contributed by atoms with Crippen molar-refractivity contribution < 1.29 is 0 Å². The predicted octanol–water partition coefficient (Wildman–Crippen LogP) is 6.73. The van der Waals surface area contributed by atoms with Gasteiger partial charge in [-0.2, -0.15) is 0 Å². The molecule has 0 amide bonds. The molecular formula is C28H27P. The first-order valence-corrected chi connectivity index (χ1v) is 11.9. The van der Waals surface area contributed by atoms with E-state index >= 15 is 0 Å². The van der Waals surface area contributed by atoms with Crippen molar-refractivity contribution >= 4 is 18.5 Å². The van der Waals surface area contributed by atoms with Gasteiger partial charge in [0, 0.05) is 5.92 Å². The van der Waals surface area contributed by atoms with Crippen LogP contribution in [0.2, 0.25) is 0 Å². The second kappa shape index (κ2) is 10.2. The first-order chi connectivity index (χ1) is 14.4. The van der Waals surface area contributed by atoms with E-state index in [9.17, 15) is 0 Å². The molecule has 0 aromatic heterocycles. The molecule has 0 saturated heterocycles. The van der Waals surface area contributed by atoms with Gasteiger partial charge in [0.05, 0.1) is 0 Å². The van der Waals surface area contributed by atoms with Crippen molar-refractivity contribution in [2.75, 3.05) is 6.16 Å². The first kappa shape index (κ1) is 19.6. The maximum Gasteiger partial charge on any atom is 0.00894 e. The fraction of sp³-hybridized carbons (Fsp3) is 0.143. The molecule has 4 aromatic carbocycles. The van der Waals surface area contributed by atoms with Gasteiger partial charge in [-0.3, -0.25) is 0 Å². The summed E-state index contributed by atoms with van der Waals surface area (Å²) in [7, 11) is -0.319. The van der Waals surface area contributed by atoms with E-state index in [2.05, 4.69) is 121 Å². The summed E-state index contributed by atoms with van der Waals surface area (Å²) < 4.78 is 0. The highest BCUT2D eigenvalue weighted by Gasteiger charge is 2.17. The molecule has 0 N–H and O–H groups in total. The second-order valence-corrected chi connectivity index (χ2v) is 9.67. The molecule has 29 heavy (non-hydrogen) atoms. The molecule has 0 unspecified atom stereocenters. The maximum absolute atomic E-state index is 2.30. The number of hydrogen-bond donors (Lipinski definition) is 0. The van der Waals surface area contributed by atoms with Crippen LogP contribution in [0.25, 0.3) is 0 Å². The smallest absolute Gasteiger partial charge is 0.00894 e. The molecule has 0 aliphatic rings. The third-order valence-corrected chi connectivity index (χ3v) is 8.02. The minimum atomic E-state index is -0.319. The van der Waals surface area contributed by atoms with Crippen molar-refractivity contribution in [3.8, 4) is 0 Å². The monoisotopic (exact) mass is 394 g/mol. The SMILES string of the molecule is c1ccc(C(CCCP(c2ccccc2)c2ccccc2)c2ccccc2)cc1. The van der Waals surface area contributed by atoms with Crippen LogP contribution in [-0.2, 0) is 0 Å². The van der Waals surface area contributed by atoms with Gasteiger partial charge in [0.1, 0.15) is 0 Å². The lowest BCUT2D eigenvalue weighted by Gasteiger charge is -2.22. The molecule has 0 radical (unpaired) electrons. The third-order valence-electron chi connectivity index (χ3n) is 5.41. The minimum absolute atomic E-state index is 0.319. The summed E-state index contributed by atoms with van der Waals surface area (Å²) in [5, 5.41) is 2.95. The number of rotatable bonds is 8. The summed E-state index contributed by atoms with van der Waals surface area (Å²) in [6.45, 7) is 0. The molecule has 0 aliphatic heterocycles. The Kier molecular flexibility index (Phi) is 6.89. The zero-order valence-electron chi connectivity index (χ0n) is 16.7. The summed E-state index contributed by atoms with van der Waals surface area (Å²) in [5.41, 5.74) is 2.84. The summed E-state index contributed by atoms with van der Waals surface area (Å²) in [4.78, 5) is 0. The number of hydrogen-bond acceptors (Lipinski definition) is 0. The van der Waals surface area contributed by atoms with Crippen LogP contribution in [0, 0.1) is 0 Å². The Bertz CT molecular complexity index is 804. The van der Waals surface area contributed by atoms with Crippen LogP contribution in [0.3, 0.4) is 0 Å². The lowest BCUT2D eigenvalue weighted by molar-refractivity contribution is 0.702. The van der Waals surface area contributed by atoms with Crippen LogP contribution < -0.4 is 10.6 Å². The van der Waals surface area contributed by atoms with E-state index in [4.69, 9.17) is 0 Å². The zero-order chi connectivity index (χ0) is 19.7. The second-order valence-electron chi connectivity index (χ2n) is 7.34. The molecule has 0 spiro atoms. The Morgan fingerprint density at radius 1 is 0.483 bits per heavy atom. The van der Waals surface area contributed by atoms with Crippen LogP contribution in [0.5, 0.6) is 0 Å². The summed E-state index contributed by atoms with van der Waals surface area (Å²) in [6.07, 6.45) is 3.61. The summed E-state index contributed by atoms with van der Waals surface area (Å²) >= 11 is 0. The molecule has 1 heteroatoms. The van der Waals surface area contributed by atoms with Crippen molar-refractivity contribution in [2.45, 2.75) is 18.8 Å². The molecule has 0 bridgehead atoms. The highest BCUT2D eigenvalue weighted by Crippen LogP contribution is 2.37. The average molecular weight is 394 g/mol. The van der Waals surface area contributed by atoms with Gasteiger partial charge < -0.3 is 0 Å². The van der Waals surface area contributed by atoms with Gasteiger partial charge in [-0.15, -0.1) is 0 Å². The molecule has 0 aliphatic carbocycles. The van der Waals surface area contributed by atoms with E-state index in [0.29, 0.717) is 5.92 Å². The topological polar surface area (TPSA) is 0 Å². The van der Waals surface area contributed by atoms with Gasteiger partial charge in [0.15, 0.2) is 0 Å². The van der Waals surface area contributed by atoms with Crippen molar-refractivity contribution in [1.82, 2.24) is 0 Å². The molecule has 0 heterocycles. The molecule has 0 saturated carbocycles. The van der Waals surface area contributed by atoms with Gasteiger partial charge >= 0.3 is 0 Å². The average Bonchev–Trinajstić information content (AvgIpc) is 2.81.